The first-order chi connectivity index (χ1) is 6.22. The first-order valence-corrected chi connectivity index (χ1v) is 6.42. The highest BCUT2D eigenvalue weighted by molar-refractivity contribution is 9.10. The minimum atomic E-state index is -0.166. The maximum Gasteiger partial charge on any atom is 0.315 e. The molecular formula is C8H9BrO2S2. The number of esters is 1. The van der Waals surface area contributed by atoms with Crippen LogP contribution in [0.1, 0.15) is 4.88 Å². The summed E-state index contributed by atoms with van der Waals surface area (Å²) >= 11 is 6.63. The van der Waals surface area contributed by atoms with Crippen LogP contribution in [0.2, 0.25) is 0 Å². The number of hydrogen-bond acceptors (Lipinski definition) is 4. The monoisotopic (exact) mass is 280 g/mol. The van der Waals surface area contributed by atoms with Crippen molar-refractivity contribution < 1.29 is 9.53 Å². The van der Waals surface area contributed by atoms with Crippen molar-refractivity contribution >= 4 is 45.0 Å². The van der Waals surface area contributed by atoms with Gasteiger partial charge in [0, 0.05) is 20.5 Å². The second-order valence-corrected chi connectivity index (χ2v) is 5.20. The molecule has 0 unspecified atom stereocenters. The van der Waals surface area contributed by atoms with Crippen molar-refractivity contribution in [1.29, 1.82) is 0 Å². The lowest BCUT2D eigenvalue weighted by molar-refractivity contribution is -0.137. The van der Waals surface area contributed by atoms with Crippen LogP contribution in [0, 0.1) is 0 Å². The van der Waals surface area contributed by atoms with Crippen LogP contribution in [-0.4, -0.2) is 18.8 Å². The van der Waals surface area contributed by atoms with Crippen LogP contribution >= 0.6 is 39.0 Å². The summed E-state index contributed by atoms with van der Waals surface area (Å²) in [7, 11) is 1.41. The molecule has 0 aliphatic carbocycles. The van der Waals surface area contributed by atoms with E-state index in [1.54, 1.807) is 23.1 Å². The van der Waals surface area contributed by atoms with Gasteiger partial charge in [-0.25, -0.2) is 0 Å². The van der Waals surface area contributed by atoms with E-state index in [-0.39, 0.29) is 5.97 Å². The van der Waals surface area contributed by atoms with Gasteiger partial charge in [-0.2, -0.15) is 0 Å². The van der Waals surface area contributed by atoms with E-state index in [2.05, 4.69) is 26.7 Å². The molecule has 0 radical (unpaired) electrons. The lowest BCUT2D eigenvalue weighted by Crippen LogP contribution is -2.02. The normalized spacial score (nSPS) is 10.0. The van der Waals surface area contributed by atoms with E-state index >= 15 is 0 Å². The molecule has 0 saturated heterocycles. The molecule has 1 rings (SSSR count). The summed E-state index contributed by atoms with van der Waals surface area (Å²) in [4.78, 5) is 12.0. The van der Waals surface area contributed by atoms with E-state index in [1.807, 2.05) is 5.38 Å². The summed E-state index contributed by atoms with van der Waals surface area (Å²) in [5.74, 6) is 1.12. The number of ether oxygens (including phenoxy) is 1. The smallest absolute Gasteiger partial charge is 0.315 e. The van der Waals surface area contributed by atoms with Crippen molar-refractivity contribution in [2.24, 2.45) is 0 Å². The van der Waals surface area contributed by atoms with Crippen LogP contribution in [0.25, 0.3) is 0 Å². The summed E-state index contributed by atoms with van der Waals surface area (Å²) in [5.41, 5.74) is 0. The molecule has 1 aromatic heterocycles. The molecule has 72 valence electrons. The van der Waals surface area contributed by atoms with Gasteiger partial charge in [0.05, 0.1) is 12.9 Å². The third kappa shape index (κ3) is 4.15. The van der Waals surface area contributed by atoms with Crippen LogP contribution in [0.4, 0.5) is 0 Å². The fourth-order valence-electron chi connectivity index (χ4n) is 0.723. The Kier molecular flexibility index (Phi) is 4.83. The Balaban J connectivity index is 2.24. The predicted molar refractivity (Wildman–Crippen MR) is 60.2 cm³/mol. The number of carbonyl (C=O) groups excluding carboxylic acids is 1. The van der Waals surface area contributed by atoms with Gasteiger partial charge >= 0.3 is 5.97 Å². The van der Waals surface area contributed by atoms with Crippen LogP contribution in [0.5, 0.6) is 0 Å². The molecule has 13 heavy (non-hydrogen) atoms. The van der Waals surface area contributed by atoms with Crippen LogP contribution < -0.4 is 0 Å². The van der Waals surface area contributed by atoms with Crippen molar-refractivity contribution in [2.75, 3.05) is 12.9 Å². The molecule has 0 bridgehead atoms. The standard InChI is InChI=1S/C8H9BrO2S2/c1-11-8(10)5-12-4-7-2-6(9)3-13-7/h2-3H,4-5H2,1H3. The lowest BCUT2D eigenvalue weighted by Gasteiger charge is -1.97. The summed E-state index contributed by atoms with van der Waals surface area (Å²) in [6.45, 7) is 0. The zero-order chi connectivity index (χ0) is 9.68. The fraction of sp³-hybridized carbons (Fsp3) is 0.375. The third-order valence-corrected chi connectivity index (χ3v) is 4.15. The number of methoxy groups -OCH3 is 1. The summed E-state index contributed by atoms with van der Waals surface area (Å²) < 4.78 is 5.63. The molecule has 1 aromatic rings. The van der Waals surface area contributed by atoms with Gasteiger partial charge in [-0.05, 0) is 22.0 Å². The minimum Gasteiger partial charge on any atom is -0.468 e. The van der Waals surface area contributed by atoms with E-state index in [0.29, 0.717) is 5.75 Å². The predicted octanol–water partition coefficient (Wildman–Crippen LogP) is 2.92. The summed E-state index contributed by atoms with van der Waals surface area (Å²) in [6.07, 6.45) is 0. The van der Waals surface area contributed by atoms with Gasteiger partial charge in [-0.3, -0.25) is 4.79 Å². The maximum absolute atomic E-state index is 10.8. The molecule has 0 N–H and O–H groups in total. The quantitative estimate of drug-likeness (QED) is 0.794. The van der Waals surface area contributed by atoms with Crippen LogP contribution in [-0.2, 0) is 15.3 Å². The van der Waals surface area contributed by atoms with E-state index in [1.165, 1.54) is 12.0 Å². The average molecular weight is 281 g/mol. The highest BCUT2D eigenvalue weighted by Crippen LogP contribution is 2.23. The molecule has 0 spiro atoms. The Hall–Kier alpha value is -0.0000000000000000833. The van der Waals surface area contributed by atoms with Gasteiger partial charge in [0.15, 0.2) is 0 Å². The van der Waals surface area contributed by atoms with Gasteiger partial charge in [-0.1, -0.05) is 0 Å². The van der Waals surface area contributed by atoms with Crippen molar-refractivity contribution in [3.8, 4) is 0 Å². The Morgan fingerprint density at radius 3 is 3.08 bits per heavy atom. The molecule has 0 amide bonds. The van der Waals surface area contributed by atoms with Crippen molar-refractivity contribution in [2.45, 2.75) is 5.75 Å². The third-order valence-electron chi connectivity index (χ3n) is 1.31. The molecule has 0 saturated carbocycles. The number of carbonyl (C=O) groups is 1. The van der Waals surface area contributed by atoms with Crippen molar-refractivity contribution in [1.82, 2.24) is 0 Å². The molecule has 2 nitrogen and oxygen atoms in total. The summed E-state index contributed by atoms with van der Waals surface area (Å²) in [6, 6.07) is 2.06. The van der Waals surface area contributed by atoms with Gasteiger partial charge in [0.1, 0.15) is 0 Å². The highest BCUT2D eigenvalue weighted by Gasteiger charge is 2.02. The van der Waals surface area contributed by atoms with Gasteiger partial charge < -0.3 is 4.74 Å². The zero-order valence-corrected chi connectivity index (χ0v) is 10.3. The second kappa shape index (κ2) is 5.67. The van der Waals surface area contributed by atoms with E-state index < -0.39 is 0 Å². The van der Waals surface area contributed by atoms with Crippen LogP contribution in [0.15, 0.2) is 15.9 Å². The zero-order valence-electron chi connectivity index (χ0n) is 7.08. The Labute approximate surface area is 93.8 Å². The Morgan fingerprint density at radius 2 is 2.54 bits per heavy atom. The highest BCUT2D eigenvalue weighted by atomic mass is 79.9. The molecule has 5 heteroatoms. The molecule has 0 aliphatic heterocycles. The Bertz CT molecular complexity index is 285. The summed E-state index contributed by atoms with van der Waals surface area (Å²) in [5, 5.41) is 2.04. The fourth-order valence-corrected chi connectivity index (χ4v) is 3.15. The average Bonchev–Trinajstić information content (AvgIpc) is 2.51. The first kappa shape index (κ1) is 11.1. The molecule has 0 atom stereocenters. The van der Waals surface area contributed by atoms with Gasteiger partial charge in [-0.15, -0.1) is 23.1 Å². The lowest BCUT2D eigenvalue weighted by atomic mass is 10.5. The second-order valence-electron chi connectivity index (χ2n) is 2.30. The molecular weight excluding hydrogens is 272 g/mol. The number of halogens is 1. The van der Waals surface area contributed by atoms with Gasteiger partial charge in [0.25, 0.3) is 0 Å². The number of rotatable bonds is 4. The number of thioether (sulfide) groups is 1. The Morgan fingerprint density at radius 1 is 1.77 bits per heavy atom. The molecule has 0 aliphatic rings. The number of hydrogen-bond donors (Lipinski definition) is 0. The molecule has 0 fully saturated rings. The topological polar surface area (TPSA) is 26.3 Å². The SMILES string of the molecule is COC(=O)CSCc1cc(Br)cs1. The number of thiophene rings is 1. The molecule has 0 aromatic carbocycles. The van der Waals surface area contributed by atoms with Crippen molar-refractivity contribution in [3.05, 3.63) is 20.8 Å². The van der Waals surface area contributed by atoms with E-state index in [0.717, 1.165) is 10.2 Å². The van der Waals surface area contributed by atoms with Crippen LogP contribution in [0.3, 0.4) is 0 Å². The maximum atomic E-state index is 10.8. The van der Waals surface area contributed by atoms with Crippen molar-refractivity contribution in [3.63, 3.8) is 0 Å². The minimum absolute atomic E-state index is 0.166. The van der Waals surface area contributed by atoms with E-state index in [9.17, 15) is 4.79 Å². The first-order valence-electron chi connectivity index (χ1n) is 3.60. The molecule has 1 heterocycles. The van der Waals surface area contributed by atoms with Gasteiger partial charge in [0.2, 0.25) is 0 Å². The largest absolute Gasteiger partial charge is 0.468 e. The van der Waals surface area contributed by atoms with E-state index in [4.69, 9.17) is 0 Å².